The SMILES string of the molecule is [CH-]=C/C(C)=C/C.[Ti]. The van der Waals surface area contributed by atoms with E-state index in [0.29, 0.717) is 0 Å². The second-order valence-corrected chi connectivity index (χ2v) is 1.20. The van der Waals surface area contributed by atoms with Crippen LogP contribution in [-0.4, -0.2) is 0 Å². The van der Waals surface area contributed by atoms with Gasteiger partial charge >= 0.3 is 0 Å². The Hall–Kier alpha value is 0.194. The Morgan fingerprint density at radius 3 is 2.00 bits per heavy atom. The Morgan fingerprint density at radius 1 is 1.57 bits per heavy atom. The van der Waals surface area contributed by atoms with Gasteiger partial charge < -0.3 is 0 Å². The van der Waals surface area contributed by atoms with Gasteiger partial charge in [0.25, 0.3) is 0 Å². The van der Waals surface area contributed by atoms with Crippen molar-refractivity contribution < 1.29 is 21.7 Å². The van der Waals surface area contributed by atoms with Crippen molar-refractivity contribution in [3.05, 3.63) is 24.3 Å². The molecule has 0 amide bonds. The Balaban J connectivity index is 0. The third-order valence-corrected chi connectivity index (χ3v) is 0.718. The van der Waals surface area contributed by atoms with Crippen molar-refractivity contribution in [3.8, 4) is 0 Å². The van der Waals surface area contributed by atoms with E-state index in [1.807, 2.05) is 19.9 Å². The molecule has 0 rings (SSSR count). The molecule has 0 unspecified atom stereocenters. The van der Waals surface area contributed by atoms with Gasteiger partial charge in [0.05, 0.1) is 0 Å². The van der Waals surface area contributed by atoms with E-state index in [0.717, 1.165) is 5.57 Å². The van der Waals surface area contributed by atoms with Crippen LogP contribution in [0.4, 0.5) is 0 Å². The maximum atomic E-state index is 5.09. The molecule has 0 heterocycles. The monoisotopic (exact) mass is 129 g/mol. The van der Waals surface area contributed by atoms with Crippen LogP contribution in [-0.2, 0) is 21.7 Å². The average molecular weight is 129 g/mol. The van der Waals surface area contributed by atoms with Crippen LogP contribution in [0.15, 0.2) is 17.7 Å². The molecule has 7 heavy (non-hydrogen) atoms. The van der Waals surface area contributed by atoms with Gasteiger partial charge in [-0.15, -0.1) is 6.92 Å². The molecule has 0 N–H and O–H groups in total. The molecule has 0 atom stereocenters. The summed E-state index contributed by atoms with van der Waals surface area (Å²) in [6.07, 6.45) is 3.54. The minimum absolute atomic E-state index is 0. The fourth-order valence-electron chi connectivity index (χ4n) is 0.0962. The Labute approximate surface area is 60.2 Å². The Bertz CT molecular complexity index is 72.2. The summed E-state index contributed by atoms with van der Waals surface area (Å²) >= 11 is 0. The number of hydrogen-bond donors (Lipinski definition) is 0. The summed E-state index contributed by atoms with van der Waals surface area (Å²) in [4.78, 5) is 0. The molecule has 0 spiro atoms. The van der Waals surface area contributed by atoms with E-state index in [9.17, 15) is 0 Å². The van der Waals surface area contributed by atoms with Crippen molar-refractivity contribution in [2.45, 2.75) is 13.8 Å². The van der Waals surface area contributed by atoms with E-state index in [4.69, 9.17) is 6.58 Å². The number of allylic oxidation sites excluding steroid dienone is 3. The molecule has 0 aliphatic rings. The molecule has 0 aliphatic heterocycles. The van der Waals surface area contributed by atoms with Gasteiger partial charge in [0.15, 0.2) is 0 Å². The first-order chi connectivity index (χ1) is 2.81. The van der Waals surface area contributed by atoms with E-state index < -0.39 is 0 Å². The zero-order valence-corrected chi connectivity index (χ0v) is 6.29. The third kappa shape index (κ3) is 6.19. The van der Waals surface area contributed by atoms with E-state index in [2.05, 4.69) is 0 Å². The largest absolute Gasteiger partial charge is 0.293 e. The maximum absolute atomic E-state index is 5.09. The number of hydrogen-bond acceptors (Lipinski definition) is 0. The standard InChI is InChI=1S/C6H9.Ti/c1-4-6(3)5-2;/h1,4-5H,2-3H3;/q-1;/b6-5+;. The summed E-state index contributed by atoms with van der Waals surface area (Å²) < 4.78 is 0. The molecule has 0 aromatic rings. The van der Waals surface area contributed by atoms with Crippen LogP contribution >= 0.6 is 0 Å². The number of rotatable bonds is 1. The first kappa shape index (κ1) is 10.2. The maximum Gasteiger partial charge on any atom is 0 e. The summed E-state index contributed by atoms with van der Waals surface area (Å²) in [7, 11) is 0. The van der Waals surface area contributed by atoms with Crippen molar-refractivity contribution in [1.29, 1.82) is 0 Å². The van der Waals surface area contributed by atoms with Gasteiger partial charge in [-0.25, -0.2) is 11.6 Å². The minimum atomic E-state index is 0. The second kappa shape index (κ2) is 6.19. The van der Waals surface area contributed by atoms with Crippen molar-refractivity contribution >= 4 is 0 Å². The topological polar surface area (TPSA) is 0 Å². The molecule has 0 saturated heterocycles. The van der Waals surface area contributed by atoms with Crippen LogP contribution in [0, 0.1) is 6.58 Å². The summed E-state index contributed by atoms with van der Waals surface area (Å²) in [6.45, 7) is 9.00. The molecule has 0 radical (unpaired) electrons. The molecule has 1 heteroatoms. The molecule has 0 fully saturated rings. The van der Waals surface area contributed by atoms with Crippen molar-refractivity contribution in [2.75, 3.05) is 0 Å². The molecular formula is C6H9Ti-. The third-order valence-electron chi connectivity index (χ3n) is 0.718. The zero-order valence-electron chi connectivity index (χ0n) is 4.73. The molecule has 0 aliphatic carbocycles. The van der Waals surface area contributed by atoms with Gasteiger partial charge in [-0.05, 0) is 0 Å². The van der Waals surface area contributed by atoms with Crippen LogP contribution in [0.2, 0.25) is 0 Å². The van der Waals surface area contributed by atoms with E-state index in [1.165, 1.54) is 0 Å². The predicted octanol–water partition coefficient (Wildman–Crippen LogP) is 1.94. The fraction of sp³-hybridized carbons (Fsp3) is 0.333. The van der Waals surface area contributed by atoms with Crippen molar-refractivity contribution in [2.24, 2.45) is 0 Å². The first-order valence-corrected chi connectivity index (χ1v) is 1.99. The van der Waals surface area contributed by atoms with Gasteiger partial charge in [0, 0.05) is 21.7 Å². The molecule has 0 saturated carbocycles. The summed E-state index contributed by atoms with van der Waals surface area (Å²) in [5, 5.41) is 0. The average Bonchev–Trinajstić information content (AvgIpc) is 1.65. The van der Waals surface area contributed by atoms with Crippen LogP contribution in [0.3, 0.4) is 0 Å². The first-order valence-electron chi connectivity index (χ1n) is 1.99. The van der Waals surface area contributed by atoms with Crippen molar-refractivity contribution in [1.82, 2.24) is 0 Å². The molecule has 0 nitrogen and oxygen atoms in total. The Kier molecular flexibility index (Phi) is 9.05. The van der Waals surface area contributed by atoms with Crippen LogP contribution in [0.1, 0.15) is 13.8 Å². The molecule has 0 aromatic carbocycles. The quantitative estimate of drug-likeness (QED) is 0.288. The summed E-state index contributed by atoms with van der Waals surface area (Å²) in [6, 6.07) is 0. The smallest absolute Gasteiger partial charge is 0 e. The molecule has 0 aromatic heterocycles. The van der Waals surface area contributed by atoms with E-state index in [1.54, 1.807) is 6.08 Å². The summed E-state index contributed by atoms with van der Waals surface area (Å²) in [5.74, 6) is 0. The van der Waals surface area contributed by atoms with Crippen LogP contribution in [0.25, 0.3) is 0 Å². The molecular weight excluding hydrogens is 120 g/mol. The fourth-order valence-corrected chi connectivity index (χ4v) is 0.0962. The van der Waals surface area contributed by atoms with Gasteiger partial charge in [0.2, 0.25) is 0 Å². The second-order valence-electron chi connectivity index (χ2n) is 1.20. The van der Waals surface area contributed by atoms with Crippen LogP contribution in [0.5, 0.6) is 0 Å². The van der Waals surface area contributed by atoms with Gasteiger partial charge in [-0.3, -0.25) is 6.58 Å². The van der Waals surface area contributed by atoms with Gasteiger partial charge in [0.1, 0.15) is 0 Å². The van der Waals surface area contributed by atoms with Crippen molar-refractivity contribution in [3.63, 3.8) is 0 Å². The van der Waals surface area contributed by atoms with E-state index in [-0.39, 0.29) is 21.7 Å². The normalized spacial score (nSPS) is 9.71. The summed E-state index contributed by atoms with van der Waals surface area (Å²) in [5.41, 5.74) is 1.12. The zero-order chi connectivity index (χ0) is 4.99. The van der Waals surface area contributed by atoms with Crippen LogP contribution < -0.4 is 0 Å². The minimum Gasteiger partial charge on any atom is -0.293 e. The Morgan fingerprint density at radius 2 is 2.00 bits per heavy atom. The molecule has 38 valence electrons. The molecule has 0 bridgehead atoms. The van der Waals surface area contributed by atoms with Gasteiger partial charge in [-0.1, -0.05) is 6.92 Å². The predicted molar refractivity (Wildman–Crippen MR) is 28.3 cm³/mol. The van der Waals surface area contributed by atoms with E-state index >= 15 is 0 Å². The van der Waals surface area contributed by atoms with Gasteiger partial charge in [-0.2, -0.15) is 6.08 Å².